The molecule has 0 spiro atoms. The summed E-state index contributed by atoms with van der Waals surface area (Å²) in [5.41, 5.74) is 11.4. The van der Waals surface area contributed by atoms with Gasteiger partial charge in [0.05, 0.1) is 0 Å². The third-order valence-corrected chi connectivity index (χ3v) is 12.0. The highest BCUT2D eigenvalue weighted by molar-refractivity contribution is 5.95. The Bertz CT molecular complexity index is 2710. The van der Waals surface area contributed by atoms with Crippen molar-refractivity contribution in [3.05, 3.63) is 203 Å². The monoisotopic (exact) mass is 730 g/mol. The van der Waals surface area contributed by atoms with Gasteiger partial charge in [0.1, 0.15) is 17.1 Å². The fraction of sp³-hybridized carbons (Fsp3) is 0.170. The van der Waals surface area contributed by atoms with Crippen molar-refractivity contribution >= 4 is 21.5 Å². The number of benzene rings is 8. The molecule has 10 rings (SSSR count). The quantitative estimate of drug-likeness (QED) is 0.131. The van der Waals surface area contributed by atoms with Crippen molar-refractivity contribution in [3.63, 3.8) is 0 Å². The van der Waals surface area contributed by atoms with Crippen LogP contribution in [0.25, 0.3) is 43.8 Å². The Morgan fingerprint density at radius 2 is 0.893 bits per heavy atom. The largest absolute Gasteiger partial charge is 0.457 e. The van der Waals surface area contributed by atoms with Crippen molar-refractivity contribution in [3.8, 4) is 33.8 Å². The van der Waals surface area contributed by atoms with Crippen LogP contribution in [0.5, 0.6) is 11.5 Å². The molecule has 0 aliphatic heterocycles. The molecular formula is C53H46O3. The first kappa shape index (κ1) is 35.7. The summed E-state index contributed by atoms with van der Waals surface area (Å²) in [6.07, 6.45) is 1.85. The van der Waals surface area contributed by atoms with Crippen LogP contribution in [-0.2, 0) is 20.5 Å². The van der Waals surface area contributed by atoms with Crippen LogP contribution in [0.2, 0.25) is 0 Å². The van der Waals surface area contributed by atoms with Gasteiger partial charge in [-0.15, -0.1) is 0 Å². The summed E-state index contributed by atoms with van der Waals surface area (Å²) in [6, 6.07) is 61.4. The Morgan fingerprint density at radius 1 is 0.429 bits per heavy atom. The van der Waals surface area contributed by atoms with E-state index in [-0.39, 0.29) is 12.8 Å². The lowest BCUT2D eigenvalue weighted by Gasteiger charge is -2.33. The highest BCUT2D eigenvalue weighted by Gasteiger charge is 2.46. The van der Waals surface area contributed by atoms with Crippen molar-refractivity contribution in [2.75, 3.05) is 20.3 Å². The number of unbranched alkanes of at least 4 members (excludes halogenated alkanes) is 1. The van der Waals surface area contributed by atoms with Gasteiger partial charge in [0, 0.05) is 36.9 Å². The molecule has 276 valence electrons. The summed E-state index contributed by atoms with van der Waals surface area (Å²) in [5, 5.41) is 4.96. The van der Waals surface area contributed by atoms with Crippen molar-refractivity contribution < 1.29 is 14.2 Å². The first-order valence-electron chi connectivity index (χ1n) is 19.4. The fourth-order valence-corrected chi connectivity index (χ4v) is 9.29. The van der Waals surface area contributed by atoms with Crippen LogP contribution in [0.4, 0.5) is 0 Å². The minimum atomic E-state index is -0.752. The smallest absolute Gasteiger partial charge is 0.144 e. The normalized spacial score (nSPS) is 17.5. The second-order valence-corrected chi connectivity index (χ2v) is 15.1. The van der Waals surface area contributed by atoms with E-state index in [2.05, 4.69) is 177 Å². The number of ether oxygens (including phenoxy) is 3. The summed E-state index contributed by atoms with van der Waals surface area (Å²) in [6.45, 7) is 3.69. The van der Waals surface area contributed by atoms with E-state index in [1.165, 1.54) is 71.6 Å². The molecule has 0 radical (unpaired) electrons. The van der Waals surface area contributed by atoms with Gasteiger partial charge in [-0.3, -0.25) is 0 Å². The van der Waals surface area contributed by atoms with Crippen molar-refractivity contribution in [1.29, 1.82) is 0 Å². The third kappa shape index (κ3) is 5.57. The Hall–Kier alpha value is -6.00. The second kappa shape index (κ2) is 14.3. The number of rotatable bonds is 10. The van der Waals surface area contributed by atoms with E-state index >= 15 is 0 Å². The third-order valence-electron chi connectivity index (χ3n) is 12.0. The molecule has 0 saturated carbocycles. The molecule has 0 N–H and O–H groups in total. The summed E-state index contributed by atoms with van der Waals surface area (Å²) in [4.78, 5) is 0. The van der Waals surface area contributed by atoms with Crippen LogP contribution in [0.15, 0.2) is 170 Å². The first-order valence-corrected chi connectivity index (χ1v) is 19.4. The molecule has 56 heavy (non-hydrogen) atoms. The lowest BCUT2D eigenvalue weighted by atomic mass is 9.74. The molecule has 3 nitrogen and oxygen atoms in total. The Morgan fingerprint density at radius 3 is 1.50 bits per heavy atom. The predicted molar refractivity (Wildman–Crippen MR) is 231 cm³/mol. The van der Waals surface area contributed by atoms with Crippen molar-refractivity contribution in [1.82, 2.24) is 0 Å². The van der Waals surface area contributed by atoms with Gasteiger partial charge in [0.15, 0.2) is 0 Å². The SMILES string of the molecule is C.COCCCCOC1(c2ccc(Oc3ccc(C4(C)c5ccccc5-c5cc6ccccc6cc54)cc3)cc2)c2ccccc2-c2cc3ccccc3cc21. The minimum Gasteiger partial charge on any atom is -0.457 e. The number of fused-ring (bicyclic) bond motifs is 8. The lowest BCUT2D eigenvalue weighted by Crippen LogP contribution is -2.31. The topological polar surface area (TPSA) is 27.7 Å². The molecule has 0 aromatic heterocycles. The van der Waals surface area contributed by atoms with E-state index in [0.29, 0.717) is 6.61 Å². The van der Waals surface area contributed by atoms with Crippen LogP contribution >= 0.6 is 0 Å². The van der Waals surface area contributed by atoms with Crippen LogP contribution < -0.4 is 4.74 Å². The van der Waals surface area contributed by atoms with Gasteiger partial charge in [0.25, 0.3) is 0 Å². The molecule has 0 saturated heterocycles. The van der Waals surface area contributed by atoms with E-state index in [1.807, 2.05) is 0 Å². The van der Waals surface area contributed by atoms with Gasteiger partial charge in [-0.05, 0) is 134 Å². The highest BCUT2D eigenvalue weighted by Crippen LogP contribution is 2.55. The number of hydrogen-bond acceptors (Lipinski definition) is 3. The van der Waals surface area contributed by atoms with Gasteiger partial charge in [-0.2, -0.15) is 0 Å². The second-order valence-electron chi connectivity index (χ2n) is 15.1. The molecule has 0 fully saturated rings. The summed E-state index contributed by atoms with van der Waals surface area (Å²) in [5.74, 6) is 1.59. The molecule has 2 aliphatic carbocycles. The first-order chi connectivity index (χ1) is 27.1. The Balaban J connectivity index is 0.00000410. The van der Waals surface area contributed by atoms with E-state index in [1.54, 1.807) is 7.11 Å². The average molecular weight is 731 g/mol. The van der Waals surface area contributed by atoms with Gasteiger partial charge < -0.3 is 14.2 Å². The molecule has 3 heteroatoms. The van der Waals surface area contributed by atoms with E-state index in [9.17, 15) is 0 Å². The molecule has 2 unspecified atom stereocenters. The van der Waals surface area contributed by atoms with Crippen LogP contribution in [0.3, 0.4) is 0 Å². The molecule has 2 aliphatic rings. The van der Waals surface area contributed by atoms with Crippen molar-refractivity contribution in [2.45, 2.75) is 38.2 Å². The maximum atomic E-state index is 7.13. The fourth-order valence-electron chi connectivity index (χ4n) is 9.29. The highest BCUT2D eigenvalue weighted by atomic mass is 16.5. The molecule has 8 aromatic rings. The zero-order valence-corrected chi connectivity index (χ0v) is 31.2. The lowest BCUT2D eigenvalue weighted by molar-refractivity contribution is 0.0118. The van der Waals surface area contributed by atoms with Gasteiger partial charge in [0.2, 0.25) is 0 Å². The summed E-state index contributed by atoms with van der Waals surface area (Å²) >= 11 is 0. The summed E-state index contributed by atoms with van der Waals surface area (Å²) < 4.78 is 19.0. The van der Waals surface area contributed by atoms with Crippen LogP contribution in [0, 0.1) is 0 Å². The molecule has 0 bridgehead atoms. The summed E-state index contributed by atoms with van der Waals surface area (Å²) in [7, 11) is 1.75. The van der Waals surface area contributed by atoms with E-state index < -0.39 is 5.60 Å². The molecule has 8 aromatic carbocycles. The maximum Gasteiger partial charge on any atom is 0.144 e. The molecular weight excluding hydrogens is 685 g/mol. The molecule has 2 atom stereocenters. The standard InChI is InChI=1S/C52H42O3.CH4/c1-51(47-19-9-7-17-43(47)45-31-35-13-3-5-15-37(35)33-49(45)51)39-21-25-41(26-22-39)55-42-27-23-40(24-28-42)52(54-30-12-11-29-53-2)48-20-10-8-18-44(48)46-32-36-14-4-6-16-38(36)34-50(46)52;/h3-10,13-28,31-34H,11-12,29-30H2,1-2H3;1H4. The zero-order valence-electron chi connectivity index (χ0n) is 31.2. The zero-order chi connectivity index (χ0) is 37.0. The molecule has 0 amide bonds. The number of methoxy groups -OCH3 is 1. The molecule has 0 heterocycles. The van der Waals surface area contributed by atoms with Crippen LogP contribution in [-0.4, -0.2) is 20.3 Å². The number of hydrogen-bond donors (Lipinski definition) is 0. The Kier molecular flexibility index (Phi) is 9.08. The van der Waals surface area contributed by atoms with Gasteiger partial charge in [-0.25, -0.2) is 0 Å². The van der Waals surface area contributed by atoms with Gasteiger partial charge in [-0.1, -0.05) is 129 Å². The Labute approximate surface area is 330 Å². The van der Waals surface area contributed by atoms with Crippen molar-refractivity contribution in [2.24, 2.45) is 0 Å². The average Bonchev–Trinajstić information content (AvgIpc) is 3.65. The maximum absolute atomic E-state index is 7.13. The minimum absolute atomic E-state index is 0. The predicted octanol–water partition coefficient (Wildman–Crippen LogP) is 13.5. The van der Waals surface area contributed by atoms with E-state index in [0.717, 1.165) is 36.5 Å². The van der Waals surface area contributed by atoms with Gasteiger partial charge >= 0.3 is 0 Å². The van der Waals surface area contributed by atoms with E-state index in [4.69, 9.17) is 14.2 Å². The van der Waals surface area contributed by atoms with Crippen LogP contribution in [0.1, 0.15) is 60.6 Å².